The van der Waals surface area contributed by atoms with Gasteiger partial charge in [0.05, 0.1) is 12.4 Å². The van der Waals surface area contributed by atoms with E-state index in [0.717, 1.165) is 11.1 Å². The van der Waals surface area contributed by atoms with Crippen molar-refractivity contribution in [2.24, 2.45) is 0 Å². The Hall–Kier alpha value is -1.76. The monoisotopic (exact) mass is 306 g/mol. The molecular weight excluding hydrogens is 288 g/mol. The number of benzene rings is 1. The molecule has 0 saturated heterocycles. The van der Waals surface area contributed by atoms with Gasteiger partial charge in [-0.15, -0.1) is 0 Å². The molecule has 112 valence electrons. The molecule has 0 spiro atoms. The minimum absolute atomic E-state index is 0.0467. The summed E-state index contributed by atoms with van der Waals surface area (Å²) in [7, 11) is -1.81. The van der Waals surface area contributed by atoms with Gasteiger partial charge in [-0.05, 0) is 28.8 Å². The molecule has 2 rings (SSSR count). The third-order valence-corrected chi connectivity index (χ3v) is 4.96. The number of pyridine rings is 1. The molecule has 6 heteroatoms. The highest BCUT2D eigenvalue weighted by atomic mass is 32.2. The maximum Gasteiger partial charge on any atom is 0.218 e. The van der Waals surface area contributed by atoms with Crippen LogP contribution < -0.4 is 0 Å². The highest BCUT2D eigenvalue weighted by molar-refractivity contribution is 7.88. The van der Waals surface area contributed by atoms with Crippen LogP contribution in [0.5, 0.6) is 0 Å². The SMILES string of the molecule is CN(Cc1ccncc1)S(=O)(=O)Cc1ccc(CO)cc1. The Labute approximate surface area is 124 Å². The van der Waals surface area contributed by atoms with E-state index in [1.54, 1.807) is 55.8 Å². The Morgan fingerprint density at radius 3 is 2.14 bits per heavy atom. The summed E-state index contributed by atoms with van der Waals surface area (Å²) in [6, 6.07) is 10.5. The van der Waals surface area contributed by atoms with Crippen molar-refractivity contribution in [3.63, 3.8) is 0 Å². The molecular formula is C15H18N2O3S. The number of nitrogens with zero attached hydrogens (tertiary/aromatic N) is 2. The van der Waals surface area contributed by atoms with Gasteiger partial charge >= 0.3 is 0 Å². The van der Waals surface area contributed by atoms with E-state index in [-0.39, 0.29) is 12.4 Å². The van der Waals surface area contributed by atoms with Gasteiger partial charge in [-0.1, -0.05) is 24.3 Å². The summed E-state index contributed by atoms with van der Waals surface area (Å²) < 4.78 is 26.0. The smallest absolute Gasteiger partial charge is 0.218 e. The summed E-state index contributed by atoms with van der Waals surface area (Å²) in [5, 5.41) is 8.98. The first-order valence-electron chi connectivity index (χ1n) is 6.53. The van der Waals surface area contributed by atoms with Crippen molar-refractivity contribution in [1.29, 1.82) is 0 Å². The van der Waals surface area contributed by atoms with Gasteiger partial charge in [0, 0.05) is 26.0 Å². The summed E-state index contributed by atoms with van der Waals surface area (Å²) in [4.78, 5) is 3.91. The summed E-state index contributed by atoms with van der Waals surface area (Å²) in [6.07, 6.45) is 3.28. The Bertz CT molecular complexity index is 670. The molecule has 0 atom stereocenters. The van der Waals surface area contributed by atoms with E-state index < -0.39 is 10.0 Å². The van der Waals surface area contributed by atoms with Gasteiger partial charge in [0.25, 0.3) is 0 Å². The zero-order valence-electron chi connectivity index (χ0n) is 11.8. The fraction of sp³-hybridized carbons (Fsp3) is 0.267. The third kappa shape index (κ3) is 4.35. The first-order valence-corrected chi connectivity index (χ1v) is 8.14. The molecule has 2 aromatic rings. The number of hydrogen-bond acceptors (Lipinski definition) is 4. The van der Waals surface area contributed by atoms with E-state index in [0.29, 0.717) is 12.1 Å². The van der Waals surface area contributed by atoms with Gasteiger partial charge in [-0.3, -0.25) is 4.98 Å². The Morgan fingerprint density at radius 2 is 1.57 bits per heavy atom. The van der Waals surface area contributed by atoms with Gasteiger partial charge in [-0.25, -0.2) is 12.7 Å². The van der Waals surface area contributed by atoms with Crippen LogP contribution in [0.4, 0.5) is 0 Å². The Kier molecular flexibility index (Phi) is 5.06. The summed E-state index contributed by atoms with van der Waals surface area (Å²) >= 11 is 0. The lowest BCUT2D eigenvalue weighted by molar-refractivity contribution is 0.282. The average molecular weight is 306 g/mol. The number of rotatable bonds is 6. The fourth-order valence-electron chi connectivity index (χ4n) is 1.91. The van der Waals surface area contributed by atoms with Gasteiger partial charge < -0.3 is 5.11 Å². The lowest BCUT2D eigenvalue weighted by Gasteiger charge is -2.17. The van der Waals surface area contributed by atoms with Crippen LogP contribution in [0.1, 0.15) is 16.7 Å². The molecule has 1 aromatic carbocycles. The molecule has 21 heavy (non-hydrogen) atoms. The summed E-state index contributed by atoms with van der Waals surface area (Å²) in [5.41, 5.74) is 2.36. The molecule has 0 amide bonds. The van der Waals surface area contributed by atoms with Crippen molar-refractivity contribution in [2.75, 3.05) is 7.05 Å². The molecule has 5 nitrogen and oxygen atoms in total. The second kappa shape index (κ2) is 6.80. The second-order valence-corrected chi connectivity index (χ2v) is 6.92. The van der Waals surface area contributed by atoms with Crippen LogP contribution in [0, 0.1) is 0 Å². The van der Waals surface area contributed by atoms with E-state index in [4.69, 9.17) is 5.11 Å². The van der Waals surface area contributed by atoms with Crippen LogP contribution in [0.25, 0.3) is 0 Å². The Morgan fingerprint density at radius 1 is 1.00 bits per heavy atom. The number of aromatic nitrogens is 1. The largest absolute Gasteiger partial charge is 0.392 e. The van der Waals surface area contributed by atoms with Crippen molar-refractivity contribution in [2.45, 2.75) is 18.9 Å². The standard InChI is InChI=1S/C15H18N2O3S/c1-17(10-13-6-8-16-9-7-13)21(19,20)12-15-4-2-14(11-18)3-5-15/h2-9,18H,10-12H2,1H3. The maximum atomic E-state index is 12.3. The number of sulfonamides is 1. The Balaban J connectivity index is 2.06. The van der Waals surface area contributed by atoms with Crippen LogP contribution in [-0.4, -0.2) is 29.9 Å². The van der Waals surface area contributed by atoms with Crippen LogP contribution >= 0.6 is 0 Å². The normalized spacial score (nSPS) is 11.8. The highest BCUT2D eigenvalue weighted by Crippen LogP contribution is 2.13. The van der Waals surface area contributed by atoms with Crippen molar-refractivity contribution in [3.05, 3.63) is 65.5 Å². The van der Waals surface area contributed by atoms with Gasteiger partial charge in [-0.2, -0.15) is 0 Å². The van der Waals surface area contributed by atoms with Gasteiger partial charge in [0.15, 0.2) is 0 Å². The van der Waals surface area contributed by atoms with Gasteiger partial charge in [0.1, 0.15) is 0 Å². The van der Waals surface area contributed by atoms with Crippen LogP contribution in [0.3, 0.4) is 0 Å². The molecule has 1 heterocycles. The first kappa shape index (κ1) is 15.6. The minimum atomic E-state index is -3.38. The molecule has 0 bridgehead atoms. The number of aliphatic hydroxyl groups is 1. The van der Waals surface area contributed by atoms with Crippen molar-refractivity contribution in [3.8, 4) is 0 Å². The first-order chi connectivity index (χ1) is 10.0. The summed E-state index contributed by atoms with van der Waals surface area (Å²) in [6.45, 7) is 0.272. The lowest BCUT2D eigenvalue weighted by Crippen LogP contribution is -2.27. The quantitative estimate of drug-likeness (QED) is 0.879. The maximum absolute atomic E-state index is 12.3. The molecule has 1 N–H and O–H groups in total. The zero-order chi connectivity index (χ0) is 15.3. The van der Waals surface area contributed by atoms with E-state index >= 15 is 0 Å². The zero-order valence-corrected chi connectivity index (χ0v) is 12.6. The average Bonchev–Trinajstić information content (AvgIpc) is 2.48. The highest BCUT2D eigenvalue weighted by Gasteiger charge is 2.18. The topological polar surface area (TPSA) is 70.5 Å². The predicted molar refractivity (Wildman–Crippen MR) is 80.7 cm³/mol. The van der Waals surface area contributed by atoms with Crippen molar-refractivity contribution < 1.29 is 13.5 Å². The molecule has 0 fully saturated rings. The number of hydrogen-bond donors (Lipinski definition) is 1. The molecule has 0 aliphatic heterocycles. The van der Waals surface area contributed by atoms with Crippen LogP contribution in [-0.2, 0) is 28.9 Å². The predicted octanol–water partition coefficient (Wildman–Crippen LogP) is 1.54. The van der Waals surface area contributed by atoms with E-state index in [1.807, 2.05) is 0 Å². The van der Waals surface area contributed by atoms with Crippen LogP contribution in [0.15, 0.2) is 48.8 Å². The number of aliphatic hydroxyl groups excluding tert-OH is 1. The lowest BCUT2D eigenvalue weighted by atomic mass is 10.2. The molecule has 1 aromatic heterocycles. The third-order valence-electron chi connectivity index (χ3n) is 3.18. The molecule has 0 unspecified atom stereocenters. The van der Waals surface area contributed by atoms with Crippen LogP contribution in [0.2, 0.25) is 0 Å². The second-order valence-electron chi connectivity index (χ2n) is 4.84. The molecule has 0 aliphatic carbocycles. The molecule has 0 saturated carbocycles. The molecule has 0 radical (unpaired) electrons. The van der Waals surface area contributed by atoms with E-state index in [9.17, 15) is 8.42 Å². The van der Waals surface area contributed by atoms with E-state index in [2.05, 4.69) is 4.98 Å². The minimum Gasteiger partial charge on any atom is -0.392 e. The molecule has 0 aliphatic rings. The van der Waals surface area contributed by atoms with E-state index in [1.165, 1.54) is 4.31 Å². The fourth-order valence-corrected chi connectivity index (χ4v) is 3.09. The van der Waals surface area contributed by atoms with Crippen molar-refractivity contribution in [1.82, 2.24) is 9.29 Å². The summed E-state index contributed by atoms with van der Waals surface area (Å²) in [5.74, 6) is -0.0553. The van der Waals surface area contributed by atoms with Gasteiger partial charge in [0.2, 0.25) is 10.0 Å². The van der Waals surface area contributed by atoms with Crippen molar-refractivity contribution >= 4 is 10.0 Å².